The van der Waals surface area contributed by atoms with Crippen LogP contribution in [0.25, 0.3) is 0 Å². The first kappa shape index (κ1) is 12.2. The van der Waals surface area contributed by atoms with E-state index in [-0.39, 0.29) is 6.09 Å². The Morgan fingerprint density at radius 3 is 2.88 bits per heavy atom. The van der Waals surface area contributed by atoms with Crippen molar-refractivity contribution in [3.05, 3.63) is 23.5 Å². The number of hydrogen-bond acceptors (Lipinski definition) is 3. The molecule has 1 N–H and O–H groups in total. The second kappa shape index (κ2) is 4.18. The maximum Gasteiger partial charge on any atom is 0.418 e. The van der Waals surface area contributed by atoms with Crippen LogP contribution in [0.1, 0.15) is 51.0 Å². The van der Waals surface area contributed by atoms with Gasteiger partial charge in [-0.15, -0.1) is 0 Å². The zero-order valence-electron chi connectivity index (χ0n) is 10.6. The fraction of sp³-hybridized carbons (Fsp3) is 0.615. The first-order valence-electron chi connectivity index (χ1n) is 6.00. The van der Waals surface area contributed by atoms with Gasteiger partial charge in [0.05, 0.1) is 6.10 Å². The molecule has 0 bridgehead atoms. The molecule has 1 atom stereocenters. The van der Waals surface area contributed by atoms with E-state index in [0.717, 1.165) is 30.5 Å². The molecule has 0 amide bonds. The van der Waals surface area contributed by atoms with Crippen molar-refractivity contribution in [1.82, 2.24) is 4.57 Å². The lowest BCUT2D eigenvalue weighted by Crippen LogP contribution is -2.28. The zero-order valence-corrected chi connectivity index (χ0v) is 10.6. The van der Waals surface area contributed by atoms with Crippen LogP contribution in [-0.2, 0) is 11.2 Å². The minimum absolute atomic E-state index is 0.368. The highest BCUT2D eigenvalue weighted by Crippen LogP contribution is 2.30. The highest BCUT2D eigenvalue weighted by molar-refractivity contribution is 5.72. The predicted octanol–water partition coefficient (Wildman–Crippen LogP) is 2.64. The van der Waals surface area contributed by atoms with E-state index in [1.165, 1.54) is 4.57 Å². The SMILES string of the molecule is CC(C)(C)OC(=O)n1ccc2c1CCCC2O. The molecule has 94 valence electrons. The van der Waals surface area contributed by atoms with Crippen molar-refractivity contribution in [3.8, 4) is 0 Å². The molecule has 1 aliphatic rings. The fourth-order valence-electron chi connectivity index (χ4n) is 2.15. The summed E-state index contributed by atoms with van der Waals surface area (Å²) in [6.07, 6.45) is 3.37. The molecule has 4 nitrogen and oxygen atoms in total. The quantitative estimate of drug-likeness (QED) is 0.754. The maximum absolute atomic E-state index is 12.0. The maximum atomic E-state index is 12.0. The average Bonchev–Trinajstić information content (AvgIpc) is 2.60. The van der Waals surface area contributed by atoms with E-state index in [1.807, 2.05) is 26.8 Å². The molecule has 1 heterocycles. The first-order chi connectivity index (χ1) is 7.88. The lowest BCUT2D eigenvalue weighted by atomic mass is 9.95. The summed E-state index contributed by atoms with van der Waals surface area (Å²) in [6.45, 7) is 5.53. The summed E-state index contributed by atoms with van der Waals surface area (Å²) in [5.41, 5.74) is 1.25. The molecule has 1 aliphatic carbocycles. The van der Waals surface area contributed by atoms with Crippen molar-refractivity contribution in [3.63, 3.8) is 0 Å². The van der Waals surface area contributed by atoms with Crippen LogP contribution in [0.3, 0.4) is 0 Å². The van der Waals surface area contributed by atoms with Crippen molar-refractivity contribution in [1.29, 1.82) is 0 Å². The third-order valence-corrected chi connectivity index (χ3v) is 2.87. The third-order valence-electron chi connectivity index (χ3n) is 2.87. The van der Waals surface area contributed by atoms with Crippen molar-refractivity contribution in [2.75, 3.05) is 0 Å². The van der Waals surface area contributed by atoms with Gasteiger partial charge in [-0.25, -0.2) is 4.79 Å². The molecule has 1 aromatic heterocycles. The minimum Gasteiger partial charge on any atom is -0.443 e. The van der Waals surface area contributed by atoms with Crippen LogP contribution in [0.4, 0.5) is 4.79 Å². The summed E-state index contributed by atoms with van der Waals surface area (Å²) in [5.74, 6) is 0. The van der Waals surface area contributed by atoms with Gasteiger partial charge in [0.2, 0.25) is 0 Å². The van der Waals surface area contributed by atoms with Crippen LogP contribution in [0.15, 0.2) is 12.3 Å². The van der Waals surface area contributed by atoms with Gasteiger partial charge in [-0.1, -0.05) is 0 Å². The second-order valence-corrected chi connectivity index (χ2v) is 5.48. The largest absolute Gasteiger partial charge is 0.443 e. The Morgan fingerprint density at radius 1 is 1.53 bits per heavy atom. The van der Waals surface area contributed by atoms with E-state index in [0.29, 0.717) is 0 Å². The molecule has 0 radical (unpaired) electrons. The van der Waals surface area contributed by atoms with Gasteiger partial charge >= 0.3 is 6.09 Å². The number of hydrogen-bond donors (Lipinski definition) is 1. The Labute approximate surface area is 101 Å². The summed E-state index contributed by atoms with van der Waals surface area (Å²) >= 11 is 0. The van der Waals surface area contributed by atoms with Crippen molar-refractivity contribution >= 4 is 6.09 Å². The molecule has 2 rings (SSSR count). The summed E-state index contributed by atoms with van der Waals surface area (Å²) < 4.78 is 6.84. The number of carbonyl (C=O) groups is 1. The van der Waals surface area contributed by atoms with Gasteiger partial charge < -0.3 is 9.84 Å². The second-order valence-electron chi connectivity index (χ2n) is 5.48. The Morgan fingerprint density at radius 2 is 2.24 bits per heavy atom. The van der Waals surface area contributed by atoms with Crippen LogP contribution < -0.4 is 0 Å². The number of fused-ring (bicyclic) bond motifs is 1. The van der Waals surface area contributed by atoms with Crippen LogP contribution in [-0.4, -0.2) is 21.4 Å². The molecule has 17 heavy (non-hydrogen) atoms. The molecule has 0 fully saturated rings. The molecule has 0 aliphatic heterocycles. The lowest BCUT2D eigenvalue weighted by molar-refractivity contribution is 0.0530. The Balaban J connectivity index is 2.25. The van der Waals surface area contributed by atoms with E-state index in [1.54, 1.807) is 6.20 Å². The monoisotopic (exact) mass is 237 g/mol. The van der Waals surface area contributed by atoms with Gasteiger partial charge in [0.1, 0.15) is 5.60 Å². The van der Waals surface area contributed by atoms with E-state index in [4.69, 9.17) is 4.74 Å². The van der Waals surface area contributed by atoms with Crippen LogP contribution >= 0.6 is 0 Å². The van der Waals surface area contributed by atoms with Gasteiger partial charge in [0.25, 0.3) is 0 Å². The van der Waals surface area contributed by atoms with Gasteiger partial charge in [0, 0.05) is 17.5 Å². The van der Waals surface area contributed by atoms with Crippen molar-refractivity contribution in [2.24, 2.45) is 0 Å². The summed E-state index contributed by atoms with van der Waals surface area (Å²) in [4.78, 5) is 12.0. The third kappa shape index (κ3) is 2.52. The van der Waals surface area contributed by atoms with Crippen molar-refractivity contribution < 1.29 is 14.6 Å². The summed E-state index contributed by atoms with van der Waals surface area (Å²) in [7, 11) is 0. The topological polar surface area (TPSA) is 51.5 Å². The zero-order chi connectivity index (χ0) is 12.6. The van der Waals surface area contributed by atoms with E-state index in [2.05, 4.69) is 0 Å². The number of ether oxygens (including phenoxy) is 1. The smallest absolute Gasteiger partial charge is 0.418 e. The standard InChI is InChI=1S/C13H19NO3/c1-13(2,3)17-12(16)14-8-7-9-10(14)5-4-6-11(9)15/h7-8,11,15H,4-6H2,1-3H3. The normalized spacial score (nSPS) is 19.9. The Bertz CT molecular complexity index is 428. The predicted molar refractivity (Wildman–Crippen MR) is 64.0 cm³/mol. The van der Waals surface area contributed by atoms with Crippen LogP contribution in [0.5, 0.6) is 0 Å². The Kier molecular flexibility index (Phi) is 3.00. The molecule has 0 aromatic carbocycles. The number of aliphatic hydroxyl groups excluding tert-OH is 1. The van der Waals surface area contributed by atoms with Gasteiger partial charge in [-0.3, -0.25) is 4.57 Å². The van der Waals surface area contributed by atoms with Gasteiger partial charge in [0.15, 0.2) is 0 Å². The summed E-state index contributed by atoms with van der Waals surface area (Å²) in [6, 6.07) is 1.81. The highest BCUT2D eigenvalue weighted by atomic mass is 16.6. The lowest BCUT2D eigenvalue weighted by Gasteiger charge is -2.23. The fourth-order valence-corrected chi connectivity index (χ4v) is 2.15. The first-order valence-corrected chi connectivity index (χ1v) is 6.00. The average molecular weight is 237 g/mol. The molecular weight excluding hydrogens is 218 g/mol. The minimum atomic E-state index is -0.498. The van der Waals surface area contributed by atoms with Gasteiger partial charge in [-0.05, 0) is 46.1 Å². The van der Waals surface area contributed by atoms with Crippen LogP contribution in [0.2, 0.25) is 0 Å². The van der Waals surface area contributed by atoms with Crippen LogP contribution in [0, 0.1) is 0 Å². The number of carbonyl (C=O) groups excluding carboxylic acids is 1. The number of aromatic nitrogens is 1. The number of rotatable bonds is 0. The highest BCUT2D eigenvalue weighted by Gasteiger charge is 2.25. The number of nitrogens with zero attached hydrogens (tertiary/aromatic N) is 1. The van der Waals surface area contributed by atoms with E-state index in [9.17, 15) is 9.90 Å². The molecule has 0 saturated carbocycles. The molecule has 1 aromatic rings. The number of aliphatic hydroxyl groups is 1. The molecular formula is C13H19NO3. The molecule has 1 unspecified atom stereocenters. The van der Waals surface area contributed by atoms with E-state index < -0.39 is 11.7 Å². The van der Waals surface area contributed by atoms with Gasteiger partial charge in [-0.2, -0.15) is 0 Å². The molecule has 0 saturated heterocycles. The van der Waals surface area contributed by atoms with Crippen molar-refractivity contribution in [2.45, 2.75) is 51.7 Å². The summed E-state index contributed by atoms with van der Waals surface area (Å²) in [5, 5.41) is 9.82. The molecule has 4 heteroatoms. The van der Waals surface area contributed by atoms with E-state index >= 15 is 0 Å². The Hall–Kier alpha value is -1.29. The molecule has 0 spiro atoms.